The highest BCUT2D eigenvalue weighted by Gasteiger charge is 2.07. The molecular formula is C8H14N2O. The molecule has 0 atom stereocenters. The third kappa shape index (κ3) is 1.53. The molecule has 11 heavy (non-hydrogen) atoms. The van der Waals surface area contributed by atoms with Gasteiger partial charge in [-0.1, -0.05) is 13.8 Å². The van der Waals surface area contributed by atoms with Crippen LogP contribution in [0.5, 0.6) is 5.88 Å². The zero-order chi connectivity index (χ0) is 8.43. The molecule has 0 N–H and O–H groups in total. The normalized spacial score (nSPS) is 10.6. The molecular weight excluding hydrogens is 140 g/mol. The molecule has 3 heteroatoms. The van der Waals surface area contributed by atoms with Gasteiger partial charge in [0.15, 0.2) is 0 Å². The van der Waals surface area contributed by atoms with E-state index in [4.69, 9.17) is 4.74 Å². The molecule has 62 valence electrons. The van der Waals surface area contributed by atoms with E-state index in [2.05, 4.69) is 18.9 Å². The Bertz CT molecular complexity index is 240. The fourth-order valence-corrected chi connectivity index (χ4v) is 1.09. The summed E-state index contributed by atoms with van der Waals surface area (Å²) in [7, 11) is 3.56. The van der Waals surface area contributed by atoms with Crippen molar-refractivity contribution in [2.24, 2.45) is 7.05 Å². The van der Waals surface area contributed by atoms with Gasteiger partial charge in [-0.3, -0.25) is 4.68 Å². The average Bonchev–Trinajstić information content (AvgIpc) is 2.30. The summed E-state index contributed by atoms with van der Waals surface area (Å²) >= 11 is 0. The molecule has 0 spiro atoms. The number of ether oxygens (including phenoxy) is 1. The van der Waals surface area contributed by atoms with Crippen LogP contribution >= 0.6 is 0 Å². The van der Waals surface area contributed by atoms with Gasteiger partial charge < -0.3 is 4.74 Å². The number of hydrogen-bond acceptors (Lipinski definition) is 2. The van der Waals surface area contributed by atoms with Crippen molar-refractivity contribution in [1.29, 1.82) is 0 Å². The number of methoxy groups -OCH3 is 1. The predicted molar refractivity (Wildman–Crippen MR) is 43.8 cm³/mol. The molecule has 0 bridgehead atoms. The van der Waals surface area contributed by atoms with E-state index in [9.17, 15) is 0 Å². The predicted octanol–water partition coefficient (Wildman–Crippen LogP) is 1.55. The van der Waals surface area contributed by atoms with Crippen LogP contribution in [0.15, 0.2) is 6.07 Å². The van der Waals surface area contributed by atoms with E-state index in [1.54, 1.807) is 7.11 Å². The first-order valence-electron chi connectivity index (χ1n) is 3.73. The molecule has 0 aliphatic rings. The van der Waals surface area contributed by atoms with E-state index < -0.39 is 0 Å². The topological polar surface area (TPSA) is 27.1 Å². The summed E-state index contributed by atoms with van der Waals surface area (Å²) in [6, 6.07) is 1.96. The van der Waals surface area contributed by atoms with Crippen LogP contribution in [-0.2, 0) is 7.05 Å². The number of rotatable bonds is 2. The van der Waals surface area contributed by atoms with Crippen LogP contribution < -0.4 is 4.74 Å². The Balaban J connectivity index is 2.97. The monoisotopic (exact) mass is 154 g/mol. The number of aryl methyl sites for hydroxylation is 1. The van der Waals surface area contributed by atoms with Crippen LogP contribution in [0.2, 0.25) is 0 Å². The third-order valence-corrected chi connectivity index (χ3v) is 1.69. The number of aromatic nitrogens is 2. The molecule has 0 aliphatic carbocycles. The van der Waals surface area contributed by atoms with Crippen molar-refractivity contribution in [3.8, 4) is 5.88 Å². The summed E-state index contributed by atoms with van der Waals surface area (Å²) in [6.07, 6.45) is 0. The standard InChI is InChI=1S/C8H14N2O/c1-6(2)7-5-8(11-4)9-10(7)3/h5-6H,1-4H3. The van der Waals surface area contributed by atoms with Crippen LogP contribution in [0.3, 0.4) is 0 Å². The first-order valence-corrected chi connectivity index (χ1v) is 3.73. The van der Waals surface area contributed by atoms with Gasteiger partial charge in [0.2, 0.25) is 5.88 Å². The lowest BCUT2D eigenvalue weighted by Gasteiger charge is -2.02. The largest absolute Gasteiger partial charge is 0.480 e. The third-order valence-electron chi connectivity index (χ3n) is 1.69. The molecule has 0 unspecified atom stereocenters. The van der Waals surface area contributed by atoms with E-state index in [-0.39, 0.29) is 0 Å². The van der Waals surface area contributed by atoms with Gasteiger partial charge in [0.25, 0.3) is 0 Å². The van der Waals surface area contributed by atoms with Crippen molar-refractivity contribution in [2.45, 2.75) is 19.8 Å². The summed E-state index contributed by atoms with van der Waals surface area (Å²) < 4.78 is 6.84. The van der Waals surface area contributed by atoms with Crippen molar-refractivity contribution in [3.05, 3.63) is 11.8 Å². The maximum absolute atomic E-state index is 4.99. The van der Waals surface area contributed by atoms with E-state index in [0.29, 0.717) is 11.8 Å². The molecule has 1 aromatic heterocycles. The Morgan fingerprint density at radius 2 is 2.18 bits per heavy atom. The van der Waals surface area contributed by atoms with Crippen molar-refractivity contribution < 1.29 is 4.74 Å². The molecule has 0 aromatic carbocycles. The van der Waals surface area contributed by atoms with Crippen molar-refractivity contribution in [2.75, 3.05) is 7.11 Å². The minimum Gasteiger partial charge on any atom is -0.480 e. The lowest BCUT2D eigenvalue weighted by atomic mass is 10.1. The smallest absolute Gasteiger partial charge is 0.232 e. The lowest BCUT2D eigenvalue weighted by Crippen LogP contribution is -1.99. The molecule has 1 heterocycles. The van der Waals surface area contributed by atoms with Crippen LogP contribution in [0.1, 0.15) is 25.5 Å². The Hall–Kier alpha value is -0.990. The maximum Gasteiger partial charge on any atom is 0.232 e. The van der Waals surface area contributed by atoms with Gasteiger partial charge in [0.1, 0.15) is 0 Å². The minimum absolute atomic E-state index is 0.497. The van der Waals surface area contributed by atoms with Gasteiger partial charge in [0.05, 0.1) is 7.11 Å². The van der Waals surface area contributed by atoms with Crippen molar-refractivity contribution in [1.82, 2.24) is 9.78 Å². The average molecular weight is 154 g/mol. The molecule has 0 amide bonds. The SMILES string of the molecule is COc1cc(C(C)C)n(C)n1. The highest BCUT2D eigenvalue weighted by Crippen LogP contribution is 2.18. The van der Waals surface area contributed by atoms with Crippen molar-refractivity contribution in [3.63, 3.8) is 0 Å². The number of hydrogen-bond donors (Lipinski definition) is 0. The second kappa shape index (κ2) is 2.95. The quantitative estimate of drug-likeness (QED) is 0.646. The fraction of sp³-hybridized carbons (Fsp3) is 0.625. The van der Waals surface area contributed by atoms with E-state index in [0.717, 1.165) is 0 Å². The van der Waals surface area contributed by atoms with Crippen LogP contribution in [0.4, 0.5) is 0 Å². The van der Waals surface area contributed by atoms with Crippen LogP contribution in [-0.4, -0.2) is 16.9 Å². The summed E-state index contributed by atoms with van der Waals surface area (Å²) in [5, 5.41) is 4.14. The molecule has 1 aromatic rings. The Morgan fingerprint density at radius 3 is 2.45 bits per heavy atom. The van der Waals surface area contributed by atoms with E-state index in [1.165, 1.54) is 5.69 Å². The Kier molecular flexibility index (Phi) is 2.17. The van der Waals surface area contributed by atoms with Crippen molar-refractivity contribution >= 4 is 0 Å². The molecule has 0 saturated carbocycles. The molecule has 0 fully saturated rings. The van der Waals surface area contributed by atoms with Gasteiger partial charge in [0, 0.05) is 18.8 Å². The maximum atomic E-state index is 4.99. The molecule has 0 aliphatic heterocycles. The molecule has 3 nitrogen and oxygen atoms in total. The summed E-state index contributed by atoms with van der Waals surface area (Å²) in [5.41, 5.74) is 1.20. The summed E-state index contributed by atoms with van der Waals surface area (Å²) in [5.74, 6) is 1.19. The number of nitrogens with zero attached hydrogens (tertiary/aromatic N) is 2. The summed E-state index contributed by atoms with van der Waals surface area (Å²) in [6.45, 7) is 4.27. The van der Waals surface area contributed by atoms with E-state index in [1.807, 2.05) is 17.8 Å². The first-order chi connectivity index (χ1) is 5.15. The zero-order valence-electron chi connectivity index (χ0n) is 7.46. The van der Waals surface area contributed by atoms with Gasteiger partial charge in [-0.2, -0.15) is 0 Å². The van der Waals surface area contributed by atoms with Crippen LogP contribution in [0, 0.1) is 0 Å². The fourth-order valence-electron chi connectivity index (χ4n) is 1.09. The highest BCUT2D eigenvalue weighted by molar-refractivity contribution is 5.17. The highest BCUT2D eigenvalue weighted by atomic mass is 16.5. The van der Waals surface area contributed by atoms with Gasteiger partial charge in [-0.15, -0.1) is 5.10 Å². The molecule has 0 radical (unpaired) electrons. The first kappa shape index (κ1) is 8.11. The van der Waals surface area contributed by atoms with Gasteiger partial charge in [-0.05, 0) is 5.92 Å². The Labute approximate surface area is 67.0 Å². The Morgan fingerprint density at radius 1 is 1.55 bits per heavy atom. The van der Waals surface area contributed by atoms with Crippen LogP contribution in [0.25, 0.3) is 0 Å². The van der Waals surface area contributed by atoms with Gasteiger partial charge in [-0.25, -0.2) is 0 Å². The lowest BCUT2D eigenvalue weighted by molar-refractivity contribution is 0.391. The summed E-state index contributed by atoms with van der Waals surface area (Å²) in [4.78, 5) is 0. The minimum atomic E-state index is 0.497. The zero-order valence-corrected chi connectivity index (χ0v) is 7.46. The molecule has 1 rings (SSSR count). The molecule has 0 saturated heterocycles. The second-order valence-electron chi connectivity index (χ2n) is 2.89. The van der Waals surface area contributed by atoms with Gasteiger partial charge >= 0.3 is 0 Å². The van der Waals surface area contributed by atoms with E-state index >= 15 is 0 Å². The second-order valence-corrected chi connectivity index (χ2v) is 2.89.